The van der Waals surface area contributed by atoms with Gasteiger partial charge in [-0.15, -0.1) is 5.10 Å². The molecule has 3 aromatic rings. The summed E-state index contributed by atoms with van der Waals surface area (Å²) in [6.07, 6.45) is 5.74. The van der Waals surface area contributed by atoms with E-state index in [1.807, 2.05) is 0 Å². The van der Waals surface area contributed by atoms with Crippen molar-refractivity contribution in [2.75, 3.05) is 5.32 Å². The molecule has 0 aliphatic heterocycles. The largest absolute Gasteiger partial charge is 0.326 e. The Bertz CT molecular complexity index is 1210. The van der Waals surface area contributed by atoms with E-state index in [2.05, 4.69) is 25.8 Å². The Morgan fingerprint density at radius 2 is 2.12 bits per heavy atom. The van der Waals surface area contributed by atoms with Crippen molar-refractivity contribution >= 4 is 29.2 Å². The van der Waals surface area contributed by atoms with E-state index in [1.165, 1.54) is 16.8 Å². The lowest BCUT2D eigenvalue weighted by Crippen LogP contribution is -2.17. The number of anilines is 1. The van der Waals surface area contributed by atoms with Gasteiger partial charge in [0.2, 0.25) is 5.16 Å². The summed E-state index contributed by atoms with van der Waals surface area (Å²) in [5, 5.41) is 25.5. The molecule has 0 unspecified atom stereocenters. The third kappa shape index (κ3) is 4.83. The zero-order valence-electron chi connectivity index (χ0n) is 17.7. The van der Waals surface area contributed by atoms with Crippen LogP contribution in [-0.2, 0) is 13.6 Å². The van der Waals surface area contributed by atoms with Gasteiger partial charge in [0.1, 0.15) is 0 Å². The standard InChI is InChI=1S/C20H21FN8O3S/c1-28-20(25-26-27-28)33-17-7-12(9-22)16(29(31)32)8-14(17)19(30)24-18-15(21)6-13(10-23-18)11-4-2-3-5-11/h6-8,10-11H,2-5,9,22H2,1H3,(H,23,24,30). The number of nitrogens with one attached hydrogen (secondary N) is 1. The van der Waals surface area contributed by atoms with Crippen molar-refractivity contribution in [2.24, 2.45) is 12.8 Å². The van der Waals surface area contributed by atoms with Crippen LogP contribution in [0.25, 0.3) is 0 Å². The maximum absolute atomic E-state index is 14.7. The summed E-state index contributed by atoms with van der Waals surface area (Å²) in [7, 11) is 1.61. The number of aromatic nitrogens is 5. The molecule has 0 radical (unpaired) electrons. The average Bonchev–Trinajstić information content (AvgIpc) is 3.47. The smallest absolute Gasteiger partial charge is 0.274 e. The lowest BCUT2D eigenvalue weighted by molar-refractivity contribution is -0.385. The number of nitro benzene ring substituents is 1. The van der Waals surface area contributed by atoms with Crippen molar-refractivity contribution in [1.29, 1.82) is 0 Å². The topological polar surface area (TPSA) is 155 Å². The van der Waals surface area contributed by atoms with Crippen molar-refractivity contribution in [3.63, 3.8) is 0 Å². The van der Waals surface area contributed by atoms with E-state index in [-0.39, 0.29) is 35.1 Å². The number of tetrazole rings is 1. The molecule has 1 aliphatic rings. The van der Waals surface area contributed by atoms with Crippen molar-refractivity contribution in [2.45, 2.75) is 48.2 Å². The van der Waals surface area contributed by atoms with Gasteiger partial charge in [-0.1, -0.05) is 12.8 Å². The molecule has 1 amide bonds. The van der Waals surface area contributed by atoms with Gasteiger partial charge in [0.05, 0.1) is 10.5 Å². The second-order valence-electron chi connectivity index (χ2n) is 7.66. The van der Waals surface area contributed by atoms with Gasteiger partial charge in [-0.25, -0.2) is 14.1 Å². The highest BCUT2D eigenvalue weighted by Crippen LogP contribution is 2.36. The van der Waals surface area contributed by atoms with Crippen molar-refractivity contribution in [3.8, 4) is 0 Å². The summed E-state index contributed by atoms with van der Waals surface area (Å²) in [4.78, 5) is 28.4. The van der Waals surface area contributed by atoms with E-state index in [4.69, 9.17) is 5.73 Å². The molecular weight excluding hydrogens is 451 g/mol. The number of nitrogens with two attached hydrogens (primary N) is 1. The summed E-state index contributed by atoms with van der Waals surface area (Å²) < 4.78 is 16.1. The molecule has 11 nitrogen and oxygen atoms in total. The van der Waals surface area contributed by atoms with Crippen LogP contribution in [0.3, 0.4) is 0 Å². The highest BCUT2D eigenvalue weighted by Gasteiger charge is 2.25. The van der Waals surface area contributed by atoms with Crippen LogP contribution in [-0.4, -0.2) is 36.0 Å². The Balaban J connectivity index is 1.67. The maximum Gasteiger partial charge on any atom is 0.274 e. The predicted octanol–water partition coefficient (Wildman–Crippen LogP) is 3.17. The minimum absolute atomic E-state index is 0.0482. The number of amides is 1. The van der Waals surface area contributed by atoms with E-state index < -0.39 is 16.6 Å². The van der Waals surface area contributed by atoms with Crippen LogP contribution < -0.4 is 11.1 Å². The highest BCUT2D eigenvalue weighted by atomic mass is 32.2. The fraction of sp³-hybridized carbons (Fsp3) is 0.350. The van der Waals surface area contributed by atoms with E-state index in [0.29, 0.717) is 10.1 Å². The first-order valence-corrected chi connectivity index (χ1v) is 11.1. The second-order valence-corrected chi connectivity index (χ2v) is 8.67. The second kappa shape index (κ2) is 9.58. The van der Waals surface area contributed by atoms with Crippen molar-refractivity contribution < 1.29 is 14.1 Å². The molecule has 3 N–H and O–H groups in total. The Kier molecular flexibility index (Phi) is 6.60. The molecule has 2 aromatic heterocycles. The lowest BCUT2D eigenvalue weighted by atomic mass is 9.99. The molecule has 0 spiro atoms. The van der Waals surface area contributed by atoms with Gasteiger partial charge >= 0.3 is 0 Å². The van der Waals surface area contributed by atoms with E-state index >= 15 is 0 Å². The quantitative estimate of drug-likeness (QED) is 0.389. The predicted molar refractivity (Wildman–Crippen MR) is 117 cm³/mol. The molecule has 1 saturated carbocycles. The molecule has 0 bridgehead atoms. The van der Waals surface area contributed by atoms with E-state index in [1.54, 1.807) is 13.2 Å². The molecule has 2 heterocycles. The minimum atomic E-state index is -0.751. The van der Waals surface area contributed by atoms with Crippen LogP contribution >= 0.6 is 11.8 Å². The Labute approximate surface area is 192 Å². The monoisotopic (exact) mass is 472 g/mol. The van der Waals surface area contributed by atoms with Crippen molar-refractivity contribution in [3.05, 3.63) is 57.0 Å². The maximum atomic E-state index is 14.7. The van der Waals surface area contributed by atoms with Crippen LogP contribution in [0, 0.1) is 15.9 Å². The van der Waals surface area contributed by atoms with Gasteiger partial charge in [0.15, 0.2) is 11.6 Å². The summed E-state index contributed by atoms with van der Waals surface area (Å²) in [6, 6.07) is 3.95. The fourth-order valence-corrected chi connectivity index (χ4v) is 4.72. The third-order valence-electron chi connectivity index (χ3n) is 5.55. The number of carbonyl (C=O) groups excluding carboxylic acids is 1. The number of hydrogen-bond donors (Lipinski definition) is 2. The third-order valence-corrected chi connectivity index (χ3v) is 6.63. The number of nitrogens with zero attached hydrogens (tertiary/aromatic N) is 6. The SMILES string of the molecule is Cn1nnnc1Sc1cc(CN)c([N+](=O)[O-])cc1C(=O)Nc1ncc(C2CCCC2)cc1F. The zero-order chi connectivity index (χ0) is 23.5. The molecule has 0 saturated heterocycles. The molecule has 1 fully saturated rings. The van der Waals surface area contributed by atoms with Gasteiger partial charge in [-0.2, -0.15) is 0 Å². The molecule has 33 heavy (non-hydrogen) atoms. The molecular formula is C20H21FN8O3S. The highest BCUT2D eigenvalue weighted by molar-refractivity contribution is 7.99. The average molecular weight is 473 g/mol. The Morgan fingerprint density at radius 3 is 2.73 bits per heavy atom. The lowest BCUT2D eigenvalue weighted by Gasteiger charge is -2.13. The van der Waals surface area contributed by atoms with Gasteiger partial charge in [0.25, 0.3) is 11.6 Å². The first-order valence-electron chi connectivity index (χ1n) is 10.3. The fourth-order valence-electron chi connectivity index (χ4n) is 3.81. The molecule has 13 heteroatoms. The summed E-state index contributed by atoms with van der Waals surface area (Å²) in [6.45, 7) is -0.109. The number of benzene rings is 1. The summed E-state index contributed by atoms with van der Waals surface area (Å²) >= 11 is 1.03. The minimum Gasteiger partial charge on any atom is -0.326 e. The first-order chi connectivity index (χ1) is 15.9. The van der Waals surface area contributed by atoms with Crippen LogP contribution in [0.2, 0.25) is 0 Å². The Morgan fingerprint density at radius 1 is 1.36 bits per heavy atom. The summed E-state index contributed by atoms with van der Waals surface area (Å²) in [5.41, 5.74) is 6.35. The zero-order valence-corrected chi connectivity index (χ0v) is 18.5. The molecule has 4 rings (SSSR count). The van der Waals surface area contributed by atoms with Gasteiger partial charge in [-0.3, -0.25) is 14.9 Å². The van der Waals surface area contributed by atoms with E-state index in [0.717, 1.165) is 49.1 Å². The number of nitro groups is 1. The molecule has 1 aromatic carbocycles. The van der Waals surface area contributed by atoms with Gasteiger partial charge in [0, 0.05) is 36.3 Å². The number of aryl methyl sites for hydroxylation is 1. The van der Waals surface area contributed by atoms with Crippen LogP contribution in [0.5, 0.6) is 0 Å². The van der Waals surface area contributed by atoms with Crippen molar-refractivity contribution in [1.82, 2.24) is 25.2 Å². The molecule has 1 aliphatic carbocycles. The number of rotatable bonds is 7. The number of halogens is 1. The van der Waals surface area contributed by atoms with Crippen LogP contribution in [0.4, 0.5) is 15.9 Å². The van der Waals surface area contributed by atoms with Gasteiger partial charge < -0.3 is 11.1 Å². The van der Waals surface area contributed by atoms with Gasteiger partial charge in [-0.05, 0) is 58.6 Å². The number of pyridine rings is 1. The van der Waals surface area contributed by atoms with Crippen LogP contribution in [0.15, 0.2) is 34.4 Å². The summed E-state index contributed by atoms with van der Waals surface area (Å²) in [5.74, 6) is -1.39. The Hall–Kier alpha value is -3.45. The van der Waals surface area contributed by atoms with E-state index in [9.17, 15) is 19.3 Å². The molecule has 172 valence electrons. The normalized spacial score (nSPS) is 13.9. The number of hydrogen-bond acceptors (Lipinski definition) is 9. The first kappa shape index (κ1) is 22.7. The van der Waals surface area contributed by atoms with Crippen LogP contribution in [0.1, 0.15) is 53.1 Å². The molecule has 0 atom stereocenters. The number of carbonyl (C=O) groups is 1.